The van der Waals surface area contributed by atoms with Gasteiger partial charge in [-0.1, -0.05) is 6.42 Å². The summed E-state index contributed by atoms with van der Waals surface area (Å²) in [6.07, 6.45) is 7.23. The van der Waals surface area contributed by atoms with Crippen LogP contribution in [0.4, 0.5) is 5.82 Å². The van der Waals surface area contributed by atoms with Crippen molar-refractivity contribution in [3.05, 3.63) is 18.6 Å². The van der Waals surface area contributed by atoms with Crippen molar-refractivity contribution in [3.63, 3.8) is 0 Å². The molecule has 3 N–H and O–H groups in total. The van der Waals surface area contributed by atoms with E-state index in [9.17, 15) is 5.11 Å². The molecule has 0 aliphatic carbocycles. The largest absolute Gasteiger partial charge is 0.394 e. The number of aliphatic hydroxyl groups is 1. The highest BCUT2D eigenvalue weighted by atomic mass is 16.3. The number of piperidine rings is 1. The number of fused-ring (bicyclic) bond motifs is 1. The molecule has 1 saturated heterocycles. The van der Waals surface area contributed by atoms with E-state index in [1.165, 1.54) is 25.6 Å². The van der Waals surface area contributed by atoms with Crippen LogP contribution >= 0.6 is 0 Å². The maximum Gasteiger partial charge on any atom is 0.142 e. The van der Waals surface area contributed by atoms with Crippen LogP contribution in [-0.4, -0.2) is 57.2 Å². The predicted octanol–water partition coefficient (Wildman–Crippen LogP) is 1.22. The lowest BCUT2D eigenvalue weighted by Crippen LogP contribution is -2.41. The number of nitrogens with zero attached hydrogens (tertiary/aromatic N) is 3. The fourth-order valence-electron chi connectivity index (χ4n) is 2.78. The maximum atomic E-state index is 9.60. The van der Waals surface area contributed by atoms with E-state index in [4.69, 9.17) is 0 Å². The quantitative estimate of drug-likeness (QED) is 0.765. The van der Waals surface area contributed by atoms with E-state index < -0.39 is 0 Å². The summed E-state index contributed by atoms with van der Waals surface area (Å²) in [4.78, 5) is 13.9. The Hall–Kier alpha value is -1.66. The summed E-state index contributed by atoms with van der Waals surface area (Å²) < 4.78 is 0. The molecule has 20 heavy (non-hydrogen) atoms. The molecule has 1 fully saturated rings. The Morgan fingerprint density at radius 3 is 2.95 bits per heavy atom. The summed E-state index contributed by atoms with van der Waals surface area (Å²) >= 11 is 0. The third-order valence-electron chi connectivity index (χ3n) is 3.84. The van der Waals surface area contributed by atoms with Gasteiger partial charge in [0.05, 0.1) is 18.0 Å². The molecule has 0 amide bonds. The van der Waals surface area contributed by atoms with Gasteiger partial charge >= 0.3 is 0 Å². The number of hydrogen-bond acceptors (Lipinski definition) is 5. The topological polar surface area (TPSA) is 77.1 Å². The van der Waals surface area contributed by atoms with Crippen LogP contribution < -0.4 is 5.32 Å². The molecule has 0 unspecified atom stereocenters. The molecule has 1 aliphatic heterocycles. The van der Waals surface area contributed by atoms with E-state index in [-0.39, 0.29) is 12.6 Å². The van der Waals surface area contributed by atoms with E-state index in [1.54, 1.807) is 0 Å². The van der Waals surface area contributed by atoms with E-state index >= 15 is 0 Å². The van der Waals surface area contributed by atoms with Crippen LogP contribution in [0, 0.1) is 0 Å². The normalized spacial score (nSPS) is 18.2. The highest BCUT2D eigenvalue weighted by molar-refractivity contribution is 5.86. The smallest absolute Gasteiger partial charge is 0.142 e. The zero-order valence-electron chi connectivity index (χ0n) is 11.5. The van der Waals surface area contributed by atoms with Gasteiger partial charge in [-0.05, 0) is 32.0 Å². The molecule has 1 atom stereocenters. The van der Waals surface area contributed by atoms with Gasteiger partial charge in [-0.25, -0.2) is 9.97 Å². The highest BCUT2D eigenvalue weighted by Gasteiger charge is 2.17. The van der Waals surface area contributed by atoms with Gasteiger partial charge in [0.15, 0.2) is 0 Å². The zero-order valence-corrected chi connectivity index (χ0v) is 11.5. The minimum absolute atomic E-state index is 0.00102. The summed E-state index contributed by atoms with van der Waals surface area (Å²) in [5, 5.41) is 13.9. The summed E-state index contributed by atoms with van der Waals surface area (Å²) in [5.74, 6) is 0.785. The number of anilines is 1. The fraction of sp³-hybridized carbons (Fsp3) is 0.571. The first kappa shape index (κ1) is 13.3. The molecule has 2 aromatic heterocycles. The molecule has 3 heterocycles. The third kappa shape index (κ3) is 2.91. The van der Waals surface area contributed by atoms with Crippen molar-refractivity contribution in [3.8, 4) is 0 Å². The Morgan fingerprint density at radius 2 is 2.15 bits per heavy atom. The molecule has 1 aliphatic rings. The van der Waals surface area contributed by atoms with Crippen LogP contribution in [-0.2, 0) is 0 Å². The first-order chi connectivity index (χ1) is 9.86. The predicted molar refractivity (Wildman–Crippen MR) is 78.7 cm³/mol. The van der Waals surface area contributed by atoms with E-state index in [0.29, 0.717) is 0 Å². The Balaban J connectivity index is 1.69. The van der Waals surface area contributed by atoms with Crippen LogP contribution in [0.2, 0.25) is 0 Å². The number of hydrogen-bond donors (Lipinski definition) is 3. The fourth-order valence-corrected chi connectivity index (χ4v) is 2.78. The van der Waals surface area contributed by atoms with Crippen LogP contribution in [0.5, 0.6) is 0 Å². The molecule has 0 bridgehead atoms. The maximum absolute atomic E-state index is 9.60. The number of likely N-dealkylation sites (tertiary alicyclic amines) is 1. The van der Waals surface area contributed by atoms with Crippen LogP contribution in [0.1, 0.15) is 19.3 Å². The second kappa shape index (κ2) is 6.19. The van der Waals surface area contributed by atoms with Gasteiger partial charge in [-0.3, -0.25) is 0 Å². The van der Waals surface area contributed by atoms with Crippen molar-refractivity contribution < 1.29 is 5.11 Å². The molecule has 6 nitrogen and oxygen atoms in total. The monoisotopic (exact) mass is 275 g/mol. The molecular formula is C14H21N5O. The lowest BCUT2D eigenvalue weighted by Gasteiger charge is -2.30. The van der Waals surface area contributed by atoms with Crippen molar-refractivity contribution in [2.24, 2.45) is 0 Å². The van der Waals surface area contributed by atoms with Crippen LogP contribution in [0.25, 0.3) is 11.0 Å². The lowest BCUT2D eigenvalue weighted by atomic mass is 10.1. The lowest BCUT2D eigenvalue weighted by molar-refractivity contribution is 0.187. The van der Waals surface area contributed by atoms with Crippen molar-refractivity contribution in [2.45, 2.75) is 25.3 Å². The van der Waals surface area contributed by atoms with Gasteiger partial charge in [-0.15, -0.1) is 0 Å². The summed E-state index contributed by atoms with van der Waals surface area (Å²) in [6.45, 7) is 3.21. The zero-order chi connectivity index (χ0) is 13.8. The van der Waals surface area contributed by atoms with Gasteiger partial charge < -0.3 is 20.3 Å². The second-order valence-corrected chi connectivity index (χ2v) is 5.35. The standard InChI is InChI=1S/C14H21N5O/c20-9-11(8-19-6-2-1-3-7-19)18-14-12-4-5-15-13(12)16-10-17-14/h4-5,10-11,20H,1-3,6-9H2,(H2,15,16,17,18)/t11-/m0/s1. The molecule has 0 saturated carbocycles. The Labute approximate surface area is 118 Å². The van der Waals surface area contributed by atoms with Gasteiger partial charge in [0.1, 0.15) is 17.8 Å². The Morgan fingerprint density at radius 1 is 1.30 bits per heavy atom. The first-order valence-electron chi connectivity index (χ1n) is 7.24. The van der Waals surface area contributed by atoms with Gasteiger partial charge in [0.2, 0.25) is 0 Å². The van der Waals surface area contributed by atoms with Crippen LogP contribution in [0.15, 0.2) is 18.6 Å². The number of aliphatic hydroxyl groups excluding tert-OH is 1. The van der Waals surface area contributed by atoms with Crippen LogP contribution in [0.3, 0.4) is 0 Å². The van der Waals surface area contributed by atoms with Crippen molar-refractivity contribution >= 4 is 16.9 Å². The van der Waals surface area contributed by atoms with E-state index in [0.717, 1.165) is 36.5 Å². The minimum Gasteiger partial charge on any atom is -0.394 e. The molecule has 2 aromatic rings. The van der Waals surface area contributed by atoms with Gasteiger partial charge in [0, 0.05) is 12.7 Å². The van der Waals surface area contributed by atoms with E-state index in [2.05, 4.69) is 25.2 Å². The third-order valence-corrected chi connectivity index (χ3v) is 3.84. The summed E-state index contributed by atoms with van der Waals surface area (Å²) in [7, 11) is 0. The molecule has 6 heteroatoms. The van der Waals surface area contributed by atoms with Gasteiger partial charge in [0.25, 0.3) is 0 Å². The van der Waals surface area contributed by atoms with Gasteiger partial charge in [-0.2, -0.15) is 0 Å². The van der Waals surface area contributed by atoms with E-state index in [1.807, 2.05) is 12.3 Å². The van der Waals surface area contributed by atoms with Crippen molar-refractivity contribution in [1.82, 2.24) is 19.9 Å². The SMILES string of the molecule is OC[C@H](CN1CCCCC1)Nc1ncnc2[nH]ccc12. The summed E-state index contributed by atoms with van der Waals surface area (Å²) in [5.41, 5.74) is 0.817. The molecule has 0 aromatic carbocycles. The molecule has 3 rings (SSSR count). The number of rotatable bonds is 5. The number of aromatic amines is 1. The van der Waals surface area contributed by atoms with Crippen molar-refractivity contribution in [1.29, 1.82) is 0 Å². The second-order valence-electron chi connectivity index (χ2n) is 5.35. The minimum atomic E-state index is 0.00102. The average molecular weight is 275 g/mol. The molecule has 108 valence electrons. The van der Waals surface area contributed by atoms with Crippen molar-refractivity contribution in [2.75, 3.05) is 31.6 Å². The Bertz CT molecular complexity index is 549. The highest BCUT2D eigenvalue weighted by Crippen LogP contribution is 2.18. The Kier molecular flexibility index (Phi) is 4.13. The molecular weight excluding hydrogens is 254 g/mol. The first-order valence-corrected chi connectivity index (χ1v) is 7.24. The number of nitrogens with one attached hydrogen (secondary N) is 2. The summed E-state index contributed by atoms with van der Waals surface area (Å²) in [6, 6.07) is 1.95. The number of H-pyrrole nitrogens is 1. The average Bonchev–Trinajstić information content (AvgIpc) is 2.97. The molecule has 0 spiro atoms. The molecule has 0 radical (unpaired) electrons. The number of aromatic nitrogens is 3.